The summed E-state index contributed by atoms with van der Waals surface area (Å²) in [6, 6.07) is 12.0. The summed E-state index contributed by atoms with van der Waals surface area (Å²) in [5.41, 5.74) is -0.825. The molecule has 9 heteroatoms. The van der Waals surface area contributed by atoms with Crippen molar-refractivity contribution in [3.63, 3.8) is 0 Å². The Morgan fingerprint density at radius 3 is 1.79 bits per heavy atom. The summed E-state index contributed by atoms with van der Waals surface area (Å²) in [6.45, 7) is 2.18. The van der Waals surface area contributed by atoms with E-state index in [-0.39, 0.29) is 22.8 Å². The van der Waals surface area contributed by atoms with Crippen molar-refractivity contribution in [3.8, 4) is 28.0 Å². The number of benzene rings is 4. The van der Waals surface area contributed by atoms with Crippen molar-refractivity contribution in [2.24, 2.45) is 5.92 Å². The van der Waals surface area contributed by atoms with E-state index < -0.39 is 46.6 Å². The maximum Gasteiger partial charge on any atom is 0.432 e. The van der Waals surface area contributed by atoms with Gasteiger partial charge in [0.05, 0.1) is 0 Å². The molecule has 4 aromatic rings. The second-order valence-corrected chi connectivity index (χ2v) is 12.4. The van der Waals surface area contributed by atoms with Crippen LogP contribution < -0.4 is 4.74 Å². The number of rotatable bonds is 12. The molecule has 0 unspecified atom stereocenters. The first-order valence-corrected chi connectivity index (χ1v) is 16.1. The Kier molecular flexibility index (Phi) is 10.9. The van der Waals surface area contributed by atoms with Crippen LogP contribution in [0, 0.1) is 40.8 Å². The van der Waals surface area contributed by atoms with Gasteiger partial charge >= 0.3 is 6.11 Å². The molecule has 1 nitrogen and oxygen atoms in total. The fourth-order valence-corrected chi connectivity index (χ4v) is 6.48. The molecule has 0 heterocycles. The molecule has 1 aliphatic rings. The van der Waals surface area contributed by atoms with Crippen LogP contribution in [0.2, 0.25) is 0 Å². The zero-order chi connectivity index (χ0) is 33.7. The normalized spacial score (nSPS) is 16.8. The van der Waals surface area contributed by atoms with E-state index in [0.29, 0.717) is 34.7 Å². The van der Waals surface area contributed by atoms with E-state index in [9.17, 15) is 17.6 Å². The Balaban J connectivity index is 1.23. The minimum absolute atomic E-state index is 0.0941. The fourth-order valence-electron chi connectivity index (χ4n) is 6.48. The van der Waals surface area contributed by atoms with Gasteiger partial charge in [-0.25, -0.2) is 26.3 Å². The van der Waals surface area contributed by atoms with Gasteiger partial charge in [0.15, 0.2) is 17.5 Å². The highest BCUT2D eigenvalue weighted by molar-refractivity contribution is 5.71. The first kappa shape index (κ1) is 34.5. The molecule has 0 atom stereocenters. The van der Waals surface area contributed by atoms with E-state index in [1.807, 2.05) is 0 Å². The molecule has 0 spiro atoms. The lowest BCUT2D eigenvalue weighted by atomic mass is 9.77. The van der Waals surface area contributed by atoms with Gasteiger partial charge < -0.3 is 4.74 Å². The van der Waals surface area contributed by atoms with Crippen LogP contribution >= 0.6 is 0 Å². The lowest BCUT2D eigenvalue weighted by molar-refractivity contribution is -0.189. The summed E-state index contributed by atoms with van der Waals surface area (Å²) >= 11 is 0. The van der Waals surface area contributed by atoms with Crippen LogP contribution in [-0.2, 0) is 6.11 Å². The molecule has 250 valence electrons. The molecule has 5 rings (SSSR count). The molecule has 1 fully saturated rings. The van der Waals surface area contributed by atoms with Crippen LogP contribution in [0.15, 0.2) is 66.7 Å². The van der Waals surface area contributed by atoms with Crippen LogP contribution in [0.5, 0.6) is 5.75 Å². The van der Waals surface area contributed by atoms with E-state index in [1.54, 1.807) is 0 Å². The lowest BCUT2D eigenvalue weighted by Gasteiger charge is -2.29. The fraction of sp³-hybridized carbons (Fsp3) is 0.368. The molecule has 47 heavy (non-hydrogen) atoms. The van der Waals surface area contributed by atoms with Crippen molar-refractivity contribution < 1.29 is 39.9 Å². The summed E-state index contributed by atoms with van der Waals surface area (Å²) in [5, 5.41) is 0. The highest BCUT2D eigenvalue weighted by Crippen LogP contribution is 2.41. The number of halogens is 8. The predicted molar refractivity (Wildman–Crippen MR) is 166 cm³/mol. The second-order valence-electron chi connectivity index (χ2n) is 12.4. The number of hydrogen-bond donors (Lipinski definition) is 0. The first-order valence-electron chi connectivity index (χ1n) is 16.1. The Morgan fingerprint density at radius 1 is 0.617 bits per heavy atom. The highest BCUT2D eigenvalue weighted by atomic mass is 19.3. The smallest absolute Gasteiger partial charge is 0.429 e. The SMILES string of the molecule is CCCCCCCC1CCC(c2cc(F)c(C(F)(F)Oc3ccc(-c4ccc(-c5cc(F)c(F)c(F)c5)c(F)c4)cc3)c(F)c2)CC1. The average molecular weight is 661 g/mol. The predicted octanol–water partition coefficient (Wildman–Crippen LogP) is 12.6. The molecular formula is C38H36F8O. The van der Waals surface area contributed by atoms with E-state index >= 15 is 17.6 Å². The molecule has 0 bridgehead atoms. The largest absolute Gasteiger partial charge is 0.432 e. The molecule has 0 aliphatic heterocycles. The molecule has 0 radical (unpaired) electrons. The van der Waals surface area contributed by atoms with E-state index in [0.717, 1.165) is 62.4 Å². The van der Waals surface area contributed by atoms with Gasteiger partial charge in [-0.15, -0.1) is 0 Å². The highest BCUT2D eigenvalue weighted by Gasteiger charge is 2.41. The summed E-state index contributed by atoms with van der Waals surface area (Å²) in [5.74, 6) is -8.11. The van der Waals surface area contributed by atoms with Gasteiger partial charge in [0.25, 0.3) is 0 Å². The van der Waals surface area contributed by atoms with Gasteiger partial charge in [0.2, 0.25) is 0 Å². The van der Waals surface area contributed by atoms with E-state index in [1.165, 1.54) is 56.4 Å². The van der Waals surface area contributed by atoms with Crippen LogP contribution in [0.3, 0.4) is 0 Å². The number of unbranched alkanes of at least 4 members (excludes halogenated alkanes) is 4. The van der Waals surface area contributed by atoms with Crippen LogP contribution in [-0.4, -0.2) is 0 Å². The van der Waals surface area contributed by atoms with Gasteiger partial charge in [0.1, 0.15) is 28.8 Å². The monoisotopic (exact) mass is 660 g/mol. The molecule has 0 aromatic heterocycles. The topological polar surface area (TPSA) is 9.23 Å². The number of hydrogen-bond acceptors (Lipinski definition) is 1. The Morgan fingerprint density at radius 2 is 1.19 bits per heavy atom. The lowest BCUT2D eigenvalue weighted by Crippen LogP contribution is -2.25. The molecule has 0 saturated heterocycles. The van der Waals surface area contributed by atoms with Crippen LogP contribution in [0.4, 0.5) is 35.1 Å². The third kappa shape index (κ3) is 8.17. The number of ether oxygens (including phenoxy) is 1. The Bertz CT molecular complexity index is 1630. The quantitative estimate of drug-likeness (QED) is 0.0835. The Labute approximate surface area is 269 Å². The van der Waals surface area contributed by atoms with Gasteiger partial charge in [-0.3, -0.25) is 0 Å². The summed E-state index contributed by atoms with van der Waals surface area (Å²) in [4.78, 5) is 0. The summed E-state index contributed by atoms with van der Waals surface area (Å²) < 4.78 is 121. The molecule has 1 saturated carbocycles. The van der Waals surface area contributed by atoms with Crippen molar-refractivity contribution in [3.05, 3.63) is 113 Å². The van der Waals surface area contributed by atoms with Gasteiger partial charge in [-0.05, 0) is 102 Å². The molecule has 0 N–H and O–H groups in total. The Hall–Kier alpha value is -3.88. The van der Waals surface area contributed by atoms with Crippen molar-refractivity contribution in [1.29, 1.82) is 0 Å². The van der Waals surface area contributed by atoms with Crippen molar-refractivity contribution in [2.75, 3.05) is 0 Å². The van der Waals surface area contributed by atoms with Crippen molar-refractivity contribution in [2.45, 2.75) is 83.2 Å². The average Bonchev–Trinajstić information content (AvgIpc) is 3.03. The number of alkyl halides is 2. The molecule has 1 aliphatic carbocycles. The van der Waals surface area contributed by atoms with E-state index in [2.05, 4.69) is 6.92 Å². The minimum Gasteiger partial charge on any atom is -0.429 e. The first-order chi connectivity index (χ1) is 22.5. The van der Waals surface area contributed by atoms with Gasteiger partial charge in [-0.2, -0.15) is 8.78 Å². The molecule has 4 aromatic carbocycles. The van der Waals surface area contributed by atoms with Crippen LogP contribution in [0.25, 0.3) is 22.3 Å². The second kappa shape index (κ2) is 14.9. The maximum absolute atomic E-state index is 15.1. The zero-order valence-corrected chi connectivity index (χ0v) is 26.0. The maximum atomic E-state index is 15.1. The minimum atomic E-state index is -4.32. The third-order valence-corrected chi connectivity index (χ3v) is 9.09. The van der Waals surface area contributed by atoms with Crippen LogP contribution in [0.1, 0.15) is 88.2 Å². The summed E-state index contributed by atoms with van der Waals surface area (Å²) in [6.07, 6.45) is 6.31. The van der Waals surface area contributed by atoms with Gasteiger partial charge in [-0.1, -0.05) is 69.7 Å². The summed E-state index contributed by atoms with van der Waals surface area (Å²) in [7, 11) is 0. The van der Waals surface area contributed by atoms with Crippen molar-refractivity contribution >= 4 is 0 Å². The van der Waals surface area contributed by atoms with Gasteiger partial charge in [0, 0.05) is 5.56 Å². The zero-order valence-electron chi connectivity index (χ0n) is 26.0. The molecule has 0 amide bonds. The third-order valence-electron chi connectivity index (χ3n) is 9.09. The molecular weight excluding hydrogens is 624 g/mol. The van der Waals surface area contributed by atoms with Crippen molar-refractivity contribution in [1.82, 2.24) is 0 Å². The standard InChI is InChI=1S/C38H36F8O/c1-2-3-4-5-6-7-23-8-10-25(11-9-23)27-19-32(40)36(33(41)20-27)38(45,46)47-29-15-12-24(13-16-29)26-14-17-30(31(39)18-26)28-21-34(42)37(44)35(43)22-28/h12-23,25H,2-11H2,1H3. The van der Waals surface area contributed by atoms with E-state index in [4.69, 9.17) is 4.74 Å².